The summed E-state index contributed by atoms with van der Waals surface area (Å²) < 4.78 is 5.95. The van der Waals surface area contributed by atoms with Crippen LogP contribution in [0.25, 0.3) is 0 Å². The molecule has 0 aromatic rings. The fourth-order valence-electron chi connectivity index (χ4n) is 0.988. The second-order valence-electron chi connectivity index (χ2n) is 2.57. The number of ether oxygens (including phenoxy) is 1. The molecular weight excluding hydrogens is 246 g/mol. The molecule has 1 aliphatic heterocycles. The van der Waals surface area contributed by atoms with Gasteiger partial charge in [0.05, 0.1) is 13.3 Å². The molecule has 0 amide bonds. The van der Waals surface area contributed by atoms with Crippen LogP contribution in [0.1, 0.15) is 13.3 Å². The van der Waals surface area contributed by atoms with Crippen LogP contribution in [0.2, 0.25) is 0 Å². The minimum atomic E-state index is 0.359. The van der Waals surface area contributed by atoms with E-state index in [9.17, 15) is 0 Å². The molecule has 0 bridgehead atoms. The van der Waals surface area contributed by atoms with E-state index in [2.05, 4.69) is 30.9 Å². The van der Waals surface area contributed by atoms with Crippen LogP contribution in [0.4, 0.5) is 0 Å². The van der Waals surface area contributed by atoms with Crippen LogP contribution < -0.4 is 0 Å². The second kappa shape index (κ2) is 5.05. The van der Waals surface area contributed by atoms with Crippen LogP contribution in [0.3, 0.4) is 0 Å². The number of amidine groups is 1. The van der Waals surface area contributed by atoms with Crippen LogP contribution in [0, 0.1) is 0 Å². The fraction of sp³-hybridized carbons (Fsp3) is 0.444. The Kier molecular flexibility index (Phi) is 4.00. The molecule has 0 unspecified atom stereocenters. The van der Waals surface area contributed by atoms with Gasteiger partial charge in [-0.3, -0.25) is 4.99 Å². The zero-order valence-electron chi connectivity index (χ0n) is 8.41. The zero-order valence-corrected chi connectivity index (χ0v) is 10.00. The summed E-state index contributed by atoms with van der Waals surface area (Å²) in [6.07, 6.45) is 2.51. The molecule has 5 heteroatoms. The Morgan fingerprint density at radius 1 is 1.64 bits per heavy atom. The predicted molar refractivity (Wildman–Crippen MR) is 62.5 cm³/mol. The highest BCUT2D eigenvalue weighted by atomic mass is 79.9. The number of allylic oxidation sites excluding steroid dienone is 2. The summed E-state index contributed by atoms with van der Waals surface area (Å²) in [6.45, 7) is 2.04. The van der Waals surface area contributed by atoms with Crippen molar-refractivity contribution >= 4 is 33.9 Å². The Morgan fingerprint density at radius 3 is 2.86 bits per heavy atom. The number of hydrogen-bond acceptors (Lipinski definition) is 4. The summed E-state index contributed by atoms with van der Waals surface area (Å²) in [5.41, 5.74) is 1.56. The van der Waals surface area contributed by atoms with Gasteiger partial charge in [0.25, 0.3) is 0 Å². The zero-order chi connectivity index (χ0) is 10.6. The van der Waals surface area contributed by atoms with Crippen LogP contribution in [0.15, 0.2) is 25.2 Å². The number of halogens is 1. The largest absolute Gasteiger partial charge is 0.467 e. The first-order valence-corrected chi connectivity index (χ1v) is 5.04. The van der Waals surface area contributed by atoms with Gasteiger partial charge in [-0.25, -0.2) is 4.99 Å². The third kappa shape index (κ3) is 2.29. The van der Waals surface area contributed by atoms with Gasteiger partial charge < -0.3 is 4.74 Å². The van der Waals surface area contributed by atoms with E-state index in [0.717, 1.165) is 22.3 Å². The molecule has 0 atom stereocenters. The summed E-state index contributed by atoms with van der Waals surface area (Å²) in [4.78, 5) is 12.3. The predicted octanol–water partition coefficient (Wildman–Crippen LogP) is 2.16. The Hall–Kier alpha value is -0.970. The first-order chi connectivity index (χ1) is 6.72. The van der Waals surface area contributed by atoms with Crippen molar-refractivity contribution in [2.45, 2.75) is 13.3 Å². The molecule has 0 saturated heterocycles. The molecule has 1 heterocycles. The van der Waals surface area contributed by atoms with Gasteiger partial charge in [-0.2, -0.15) is 4.99 Å². The highest BCUT2D eigenvalue weighted by Crippen LogP contribution is 2.20. The van der Waals surface area contributed by atoms with E-state index in [-0.39, 0.29) is 0 Å². The van der Waals surface area contributed by atoms with E-state index in [1.807, 2.05) is 6.92 Å². The number of nitrogens with zero attached hydrogens (tertiary/aromatic N) is 3. The first-order valence-electron chi connectivity index (χ1n) is 4.25. The fourth-order valence-corrected chi connectivity index (χ4v) is 1.28. The molecule has 1 aliphatic rings. The lowest BCUT2D eigenvalue weighted by Gasteiger charge is -2.10. The molecule has 0 spiro atoms. The Bertz CT molecular complexity index is 342. The van der Waals surface area contributed by atoms with Crippen molar-refractivity contribution in [1.82, 2.24) is 0 Å². The van der Waals surface area contributed by atoms with E-state index in [4.69, 9.17) is 4.74 Å². The number of rotatable bonds is 1. The maximum atomic E-state index is 4.95. The summed E-state index contributed by atoms with van der Waals surface area (Å²) >= 11 is 3.45. The van der Waals surface area contributed by atoms with Gasteiger partial charge in [0.15, 0.2) is 0 Å². The van der Waals surface area contributed by atoms with Crippen LogP contribution in [-0.2, 0) is 4.74 Å². The summed E-state index contributed by atoms with van der Waals surface area (Å²) in [5, 5.41) is 0. The lowest BCUT2D eigenvalue weighted by molar-refractivity contribution is 0.397. The molecule has 1 rings (SSSR count). The molecule has 0 aliphatic carbocycles. The minimum absolute atomic E-state index is 0.359. The van der Waals surface area contributed by atoms with Crippen LogP contribution in [0.5, 0.6) is 0 Å². The standard InChI is InChI=1S/C9H12BrN3O/c1-4-6(10)8-7(11-2)5-12-9(13-8)14-3/h5H,4H2,1-3H3/b8-6-,11-7?. The van der Waals surface area contributed by atoms with E-state index in [1.165, 1.54) is 0 Å². The quantitative estimate of drug-likeness (QED) is 0.710. The topological polar surface area (TPSA) is 46.3 Å². The monoisotopic (exact) mass is 257 g/mol. The van der Waals surface area contributed by atoms with Gasteiger partial charge in [0.2, 0.25) is 0 Å². The van der Waals surface area contributed by atoms with Crippen molar-refractivity contribution in [3.8, 4) is 0 Å². The Balaban J connectivity index is 3.13. The smallest absolute Gasteiger partial charge is 0.316 e. The van der Waals surface area contributed by atoms with Gasteiger partial charge in [0, 0.05) is 11.5 Å². The van der Waals surface area contributed by atoms with Crippen LogP contribution >= 0.6 is 15.9 Å². The molecule has 0 N–H and O–H groups in total. The summed E-state index contributed by atoms with van der Waals surface area (Å²) in [5.74, 6) is 0. The highest BCUT2D eigenvalue weighted by molar-refractivity contribution is 9.11. The van der Waals surface area contributed by atoms with E-state index >= 15 is 0 Å². The maximum Gasteiger partial charge on any atom is 0.316 e. The van der Waals surface area contributed by atoms with Crippen molar-refractivity contribution in [3.63, 3.8) is 0 Å². The van der Waals surface area contributed by atoms with Crippen molar-refractivity contribution in [1.29, 1.82) is 0 Å². The molecule has 0 aromatic carbocycles. The van der Waals surface area contributed by atoms with Gasteiger partial charge in [-0.15, -0.1) is 0 Å². The normalized spacial score (nSPS) is 22.3. The maximum absolute atomic E-state index is 4.95. The molecule has 14 heavy (non-hydrogen) atoms. The molecule has 0 aromatic heterocycles. The van der Waals surface area contributed by atoms with E-state index in [1.54, 1.807) is 20.4 Å². The Morgan fingerprint density at radius 2 is 2.36 bits per heavy atom. The van der Waals surface area contributed by atoms with E-state index < -0.39 is 0 Å². The lowest BCUT2D eigenvalue weighted by atomic mass is 10.2. The van der Waals surface area contributed by atoms with Crippen LogP contribution in [-0.4, -0.2) is 32.1 Å². The molecule has 4 nitrogen and oxygen atoms in total. The highest BCUT2D eigenvalue weighted by Gasteiger charge is 2.14. The Labute approximate surface area is 91.6 Å². The third-order valence-electron chi connectivity index (χ3n) is 1.74. The molecule has 0 saturated carbocycles. The third-order valence-corrected chi connectivity index (χ3v) is 2.67. The minimum Gasteiger partial charge on any atom is -0.467 e. The lowest BCUT2D eigenvalue weighted by Crippen LogP contribution is -2.14. The molecule has 76 valence electrons. The van der Waals surface area contributed by atoms with Crippen molar-refractivity contribution in [2.75, 3.05) is 14.2 Å². The van der Waals surface area contributed by atoms with Crippen molar-refractivity contribution in [2.24, 2.45) is 15.0 Å². The average molecular weight is 258 g/mol. The molecule has 0 fully saturated rings. The second-order valence-corrected chi connectivity index (χ2v) is 3.53. The number of methoxy groups -OCH3 is 1. The van der Waals surface area contributed by atoms with Gasteiger partial charge in [0.1, 0.15) is 11.4 Å². The summed E-state index contributed by atoms with van der Waals surface area (Å²) in [6, 6.07) is 0.359. The van der Waals surface area contributed by atoms with Gasteiger partial charge in [-0.1, -0.05) is 22.9 Å². The van der Waals surface area contributed by atoms with E-state index in [0.29, 0.717) is 6.02 Å². The van der Waals surface area contributed by atoms with Crippen molar-refractivity contribution < 1.29 is 4.74 Å². The molecular formula is C9H12BrN3O. The SMILES string of the molecule is CC/C(Br)=C1/N=C(OC)N=CC1=NC. The first kappa shape index (κ1) is 11.1. The average Bonchev–Trinajstić information content (AvgIpc) is 2.27. The molecule has 0 radical (unpaired) electrons. The number of hydrogen-bond donors (Lipinski definition) is 0. The summed E-state index contributed by atoms with van der Waals surface area (Å²) in [7, 11) is 3.26. The number of aliphatic imine (C=N–C) groups is 3. The van der Waals surface area contributed by atoms with Gasteiger partial charge >= 0.3 is 6.02 Å². The van der Waals surface area contributed by atoms with Gasteiger partial charge in [-0.05, 0) is 6.42 Å². The van der Waals surface area contributed by atoms with Crippen molar-refractivity contribution in [3.05, 3.63) is 10.2 Å².